The van der Waals surface area contributed by atoms with E-state index in [1.54, 1.807) is 12.1 Å². The van der Waals surface area contributed by atoms with E-state index in [0.29, 0.717) is 24.1 Å². The highest BCUT2D eigenvalue weighted by atomic mass is 32.2. The van der Waals surface area contributed by atoms with Crippen molar-refractivity contribution in [3.05, 3.63) is 34.9 Å². The van der Waals surface area contributed by atoms with Gasteiger partial charge in [0.2, 0.25) is 0 Å². The zero-order valence-corrected chi connectivity index (χ0v) is 11.8. The molecule has 1 aromatic rings. The van der Waals surface area contributed by atoms with Crippen LogP contribution in [0.3, 0.4) is 0 Å². The molecular weight excluding hydrogens is 278 g/mol. The van der Waals surface area contributed by atoms with Gasteiger partial charge in [-0.3, -0.25) is 4.79 Å². The molecule has 0 radical (unpaired) electrons. The molecule has 6 heteroatoms. The number of rotatable bonds is 2. The van der Waals surface area contributed by atoms with Crippen LogP contribution < -0.4 is 5.32 Å². The van der Waals surface area contributed by atoms with Gasteiger partial charge >= 0.3 is 0 Å². The first-order valence-electron chi connectivity index (χ1n) is 6.76. The number of amides is 1. The highest BCUT2D eigenvalue weighted by Crippen LogP contribution is 2.32. The Hall–Kier alpha value is -1.40. The quantitative estimate of drug-likeness (QED) is 0.829. The fraction of sp³-hybridized carbons (Fsp3) is 0.500. The monoisotopic (exact) mass is 295 g/mol. The molecule has 0 spiro atoms. The third-order valence-electron chi connectivity index (χ3n) is 4.11. The lowest BCUT2D eigenvalue weighted by Crippen LogP contribution is -2.32. The van der Waals surface area contributed by atoms with Crippen LogP contribution in [0, 0.1) is 5.92 Å². The maximum atomic E-state index is 11.8. The number of aliphatic hydroxyl groups is 1. The van der Waals surface area contributed by atoms with Crippen LogP contribution in [0.25, 0.3) is 0 Å². The van der Waals surface area contributed by atoms with Gasteiger partial charge in [-0.1, -0.05) is 12.1 Å². The van der Waals surface area contributed by atoms with Gasteiger partial charge in [0.1, 0.15) is 0 Å². The van der Waals surface area contributed by atoms with Gasteiger partial charge in [-0.05, 0) is 30.0 Å². The number of hydrogen-bond acceptors (Lipinski definition) is 4. The molecule has 0 aromatic heterocycles. The SMILES string of the molecule is O=C1NCCc2ccc(C(O)C3CCS(=O)(=O)C3)cc21. The maximum Gasteiger partial charge on any atom is 0.251 e. The average molecular weight is 295 g/mol. The van der Waals surface area contributed by atoms with Crippen LogP contribution in [0.4, 0.5) is 0 Å². The van der Waals surface area contributed by atoms with Gasteiger partial charge in [-0.15, -0.1) is 0 Å². The third-order valence-corrected chi connectivity index (χ3v) is 5.91. The Morgan fingerprint density at radius 2 is 2.15 bits per heavy atom. The van der Waals surface area contributed by atoms with Crippen LogP contribution in [0.5, 0.6) is 0 Å². The Labute approximate surface area is 117 Å². The summed E-state index contributed by atoms with van der Waals surface area (Å²) in [7, 11) is -3.02. The summed E-state index contributed by atoms with van der Waals surface area (Å²) in [5.74, 6) is -0.235. The van der Waals surface area contributed by atoms with Crippen molar-refractivity contribution < 1.29 is 18.3 Å². The van der Waals surface area contributed by atoms with Gasteiger partial charge in [0, 0.05) is 18.0 Å². The first kappa shape index (κ1) is 13.6. The Bertz CT molecular complexity index is 653. The summed E-state index contributed by atoms with van der Waals surface area (Å²) < 4.78 is 23.0. The number of hydrogen-bond donors (Lipinski definition) is 2. The van der Waals surface area contributed by atoms with Crippen molar-refractivity contribution in [2.24, 2.45) is 5.92 Å². The summed E-state index contributed by atoms with van der Waals surface area (Å²) in [6, 6.07) is 5.35. The topological polar surface area (TPSA) is 83.5 Å². The first-order valence-corrected chi connectivity index (χ1v) is 8.58. The Balaban J connectivity index is 1.87. The summed E-state index contributed by atoms with van der Waals surface area (Å²) in [4.78, 5) is 11.8. The number of nitrogens with one attached hydrogen (secondary N) is 1. The standard InChI is InChI=1S/C14H17NO4S/c16-13(11-4-6-20(18,19)8-11)10-2-1-9-3-5-15-14(17)12(9)7-10/h1-2,7,11,13,16H,3-6,8H2,(H,15,17). The summed E-state index contributed by atoms with van der Waals surface area (Å²) in [6.07, 6.45) is 0.439. The van der Waals surface area contributed by atoms with Gasteiger partial charge in [0.05, 0.1) is 17.6 Å². The molecule has 20 heavy (non-hydrogen) atoms. The number of carbonyl (C=O) groups is 1. The number of sulfone groups is 1. The van der Waals surface area contributed by atoms with Gasteiger partial charge in [-0.25, -0.2) is 8.42 Å². The zero-order valence-electron chi connectivity index (χ0n) is 11.0. The lowest BCUT2D eigenvalue weighted by Gasteiger charge is -2.21. The molecule has 0 saturated carbocycles. The number of aliphatic hydroxyl groups excluding tert-OH is 1. The molecule has 3 rings (SSSR count). The van der Waals surface area contributed by atoms with E-state index in [1.165, 1.54) is 0 Å². The van der Waals surface area contributed by atoms with Crippen LogP contribution >= 0.6 is 0 Å². The van der Waals surface area contributed by atoms with Crippen molar-refractivity contribution in [2.75, 3.05) is 18.1 Å². The molecule has 2 aliphatic heterocycles. The Morgan fingerprint density at radius 1 is 1.35 bits per heavy atom. The van der Waals surface area contributed by atoms with Crippen molar-refractivity contribution in [3.8, 4) is 0 Å². The van der Waals surface area contributed by atoms with E-state index in [4.69, 9.17) is 0 Å². The second-order valence-corrected chi connectivity index (χ2v) is 7.76. The minimum Gasteiger partial charge on any atom is -0.388 e. The van der Waals surface area contributed by atoms with Gasteiger partial charge in [0.25, 0.3) is 5.91 Å². The minimum atomic E-state index is -3.02. The van der Waals surface area contributed by atoms with E-state index < -0.39 is 15.9 Å². The molecule has 1 saturated heterocycles. The normalized spacial score (nSPS) is 25.9. The molecule has 5 nitrogen and oxygen atoms in total. The second kappa shape index (κ2) is 4.86. The summed E-state index contributed by atoms with van der Waals surface area (Å²) in [5, 5.41) is 13.1. The molecule has 2 N–H and O–H groups in total. The molecule has 1 aromatic carbocycles. The summed E-state index contributed by atoms with van der Waals surface area (Å²) >= 11 is 0. The first-order chi connectivity index (χ1) is 9.46. The smallest absolute Gasteiger partial charge is 0.251 e. The molecule has 108 valence electrons. The Morgan fingerprint density at radius 3 is 2.85 bits per heavy atom. The molecule has 2 unspecified atom stereocenters. The predicted molar refractivity (Wildman–Crippen MR) is 74.2 cm³/mol. The molecule has 2 aliphatic rings. The zero-order chi connectivity index (χ0) is 14.3. The van der Waals surface area contributed by atoms with Gasteiger partial charge in [-0.2, -0.15) is 0 Å². The highest BCUT2D eigenvalue weighted by molar-refractivity contribution is 7.91. The lowest BCUT2D eigenvalue weighted by atomic mass is 9.91. The molecule has 1 fully saturated rings. The van der Waals surface area contributed by atoms with Crippen molar-refractivity contribution in [1.82, 2.24) is 5.32 Å². The fourth-order valence-corrected chi connectivity index (χ4v) is 4.79. The Kier molecular flexibility index (Phi) is 3.30. The molecule has 2 heterocycles. The van der Waals surface area contributed by atoms with Crippen molar-refractivity contribution in [1.29, 1.82) is 0 Å². The molecule has 1 amide bonds. The molecular formula is C14H17NO4S. The fourth-order valence-electron chi connectivity index (χ4n) is 2.96. The summed E-state index contributed by atoms with van der Waals surface area (Å²) in [5.41, 5.74) is 2.19. The minimum absolute atomic E-state index is 0.0252. The van der Waals surface area contributed by atoms with Gasteiger partial charge in [0.15, 0.2) is 9.84 Å². The van der Waals surface area contributed by atoms with Crippen LogP contribution in [0.15, 0.2) is 18.2 Å². The van der Waals surface area contributed by atoms with Crippen LogP contribution in [-0.2, 0) is 16.3 Å². The van der Waals surface area contributed by atoms with E-state index >= 15 is 0 Å². The van der Waals surface area contributed by atoms with E-state index in [2.05, 4.69) is 5.32 Å². The third kappa shape index (κ3) is 2.45. The highest BCUT2D eigenvalue weighted by Gasteiger charge is 2.34. The summed E-state index contributed by atoms with van der Waals surface area (Å²) in [6.45, 7) is 0.634. The van der Waals surface area contributed by atoms with E-state index in [-0.39, 0.29) is 23.3 Å². The van der Waals surface area contributed by atoms with E-state index in [0.717, 1.165) is 12.0 Å². The predicted octanol–water partition coefficient (Wildman–Crippen LogP) is 0.441. The number of carbonyl (C=O) groups excluding carboxylic acids is 1. The average Bonchev–Trinajstić information content (AvgIpc) is 2.78. The molecule has 0 bridgehead atoms. The lowest BCUT2D eigenvalue weighted by molar-refractivity contribution is 0.0944. The number of fused-ring (bicyclic) bond motifs is 1. The van der Waals surface area contributed by atoms with Crippen molar-refractivity contribution in [3.63, 3.8) is 0 Å². The maximum absolute atomic E-state index is 11.8. The van der Waals surface area contributed by atoms with Crippen LogP contribution in [0.2, 0.25) is 0 Å². The molecule has 2 atom stereocenters. The number of benzene rings is 1. The van der Waals surface area contributed by atoms with Crippen LogP contribution in [-0.4, -0.2) is 37.5 Å². The van der Waals surface area contributed by atoms with E-state index in [1.807, 2.05) is 6.07 Å². The van der Waals surface area contributed by atoms with E-state index in [9.17, 15) is 18.3 Å². The second-order valence-electron chi connectivity index (χ2n) is 5.53. The van der Waals surface area contributed by atoms with Gasteiger partial charge < -0.3 is 10.4 Å². The molecule has 0 aliphatic carbocycles. The van der Waals surface area contributed by atoms with Crippen molar-refractivity contribution in [2.45, 2.75) is 18.9 Å². The van der Waals surface area contributed by atoms with Crippen molar-refractivity contribution >= 4 is 15.7 Å². The van der Waals surface area contributed by atoms with Crippen LogP contribution in [0.1, 0.15) is 34.0 Å². The largest absolute Gasteiger partial charge is 0.388 e.